The Hall–Kier alpha value is -0.710. The third kappa shape index (κ3) is 7.91. The molecule has 14 heavy (non-hydrogen) atoms. The normalized spacial score (nSPS) is 15.4. The SMILES string of the molecule is CCOC=O.FC(F)OCC1CCC1. The number of hydrogen-bond donors (Lipinski definition) is 0. The topological polar surface area (TPSA) is 35.5 Å². The molecule has 0 heterocycles. The molecule has 0 radical (unpaired) electrons. The van der Waals surface area contributed by atoms with Crippen LogP contribution in [0.3, 0.4) is 0 Å². The predicted molar refractivity (Wildman–Crippen MR) is 47.0 cm³/mol. The van der Waals surface area contributed by atoms with Gasteiger partial charge in [-0.1, -0.05) is 6.42 Å². The minimum absolute atomic E-state index is 0.248. The van der Waals surface area contributed by atoms with Crippen LogP contribution >= 0.6 is 0 Å². The van der Waals surface area contributed by atoms with Crippen molar-refractivity contribution in [2.75, 3.05) is 13.2 Å². The Morgan fingerprint density at radius 3 is 2.36 bits per heavy atom. The molecular weight excluding hydrogens is 194 g/mol. The predicted octanol–water partition coefficient (Wildman–Crippen LogP) is 2.21. The molecule has 1 rings (SSSR count). The van der Waals surface area contributed by atoms with Crippen LogP contribution in [0.5, 0.6) is 0 Å². The lowest BCUT2D eigenvalue weighted by Gasteiger charge is -2.24. The highest BCUT2D eigenvalue weighted by atomic mass is 19.3. The third-order valence-corrected chi connectivity index (χ3v) is 1.92. The van der Waals surface area contributed by atoms with Crippen LogP contribution in [-0.2, 0) is 14.3 Å². The van der Waals surface area contributed by atoms with Crippen molar-refractivity contribution in [3.05, 3.63) is 0 Å². The maximum Gasteiger partial charge on any atom is 0.345 e. The molecule has 0 aromatic rings. The first-order valence-electron chi connectivity index (χ1n) is 4.65. The number of carbonyl (C=O) groups excluding carboxylic acids is 1. The molecule has 1 aliphatic carbocycles. The van der Waals surface area contributed by atoms with Crippen LogP contribution in [0.4, 0.5) is 8.78 Å². The molecule has 84 valence electrons. The highest BCUT2D eigenvalue weighted by molar-refractivity contribution is 5.36. The van der Waals surface area contributed by atoms with E-state index >= 15 is 0 Å². The molecule has 0 aliphatic heterocycles. The molecule has 1 aliphatic rings. The van der Waals surface area contributed by atoms with Crippen molar-refractivity contribution in [3.63, 3.8) is 0 Å². The lowest BCUT2D eigenvalue weighted by Crippen LogP contribution is -2.18. The minimum Gasteiger partial charge on any atom is -0.468 e. The van der Waals surface area contributed by atoms with Crippen molar-refractivity contribution < 1.29 is 23.0 Å². The van der Waals surface area contributed by atoms with Gasteiger partial charge in [0, 0.05) is 0 Å². The molecule has 0 atom stereocenters. The van der Waals surface area contributed by atoms with E-state index in [1.54, 1.807) is 6.92 Å². The molecule has 0 saturated heterocycles. The Morgan fingerprint density at radius 1 is 1.50 bits per heavy atom. The molecule has 5 heteroatoms. The highest BCUT2D eigenvalue weighted by Gasteiger charge is 2.18. The van der Waals surface area contributed by atoms with Gasteiger partial charge < -0.3 is 9.47 Å². The van der Waals surface area contributed by atoms with E-state index in [1.807, 2.05) is 0 Å². The Labute approximate surface area is 82.4 Å². The smallest absolute Gasteiger partial charge is 0.345 e. The first-order chi connectivity index (χ1) is 6.70. The molecule has 0 spiro atoms. The molecule has 0 aromatic carbocycles. The Balaban J connectivity index is 0.000000292. The average Bonchev–Trinajstić information content (AvgIpc) is 2.03. The number of halogens is 2. The van der Waals surface area contributed by atoms with E-state index in [9.17, 15) is 13.6 Å². The van der Waals surface area contributed by atoms with Crippen LogP contribution in [0, 0.1) is 5.92 Å². The van der Waals surface area contributed by atoms with Crippen molar-refractivity contribution in [1.29, 1.82) is 0 Å². The summed E-state index contributed by atoms with van der Waals surface area (Å²) >= 11 is 0. The quantitative estimate of drug-likeness (QED) is 0.652. The summed E-state index contributed by atoms with van der Waals surface area (Å²) in [5, 5.41) is 0. The lowest BCUT2D eigenvalue weighted by molar-refractivity contribution is -0.143. The van der Waals surface area contributed by atoms with Crippen LogP contribution in [0.25, 0.3) is 0 Å². The first kappa shape index (κ1) is 13.3. The van der Waals surface area contributed by atoms with Gasteiger partial charge in [-0.15, -0.1) is 0 Å². The van der Waals surface area contributed by atoms with E-state index in [4.69, 9.17) is 0 Å². The Morgan fingerprint density at radius 2 is 2.14 bits per heavy atom. The van der Waals surface area contributed by atoms with Gasteiger partial charge in [-0.25, -0.2) is 0 Å². The van der Waals surface area contributed by atoms with E-state index in [-0.39, 0.29) is 6.61 Å². The second kappa shape index (κ2) is 8.87. The molecule has 0 aromatic heterocycles. The largest absolute Gasteiger partial charge is 0.468 e. The molecule has 0 N–H and O–H groups in total. The van der Waals surface area contributed by atoms with Gasteiger partial charge in [0.15, 0.2) is 0 Å². The van der Waals surface area contributed by atoms with Gasteiger partial charge in [0.1, 0.15) is 0 Å². The number of hydrogen-bond acceptors (Lipinski definition) is 3. The molecule has 0 unspecified atom stereocenters. The summed E-state index contributed by atoms with van der Waals surface area (Å²) in [4.78, 5) is 9.18. The summed E-state index contributed by atoms with van der Waals surface area (Å²) in [6, 6.07) is 0. The average molecular weight is 210 g/mol. The van der Waals surface area contributed by atoms with Crippen LogP contribution in [0.2, 0.25) is 0 Å². The standard InChI is InChI=1S/C6H10F2O.C3H6O2/c7-6(8)9-4-5-2-1-3-5;1-2-5-3-4/h5-6H,1-4H2;3H,2H2,1H3. The van der Waals surface area contributed by atoms with Gasteiger partial charge in [0.25, 0.3) is 6.47 Å². The summed E-state index contributed by atoms with van der Waals surface area (Å²) in [5.41, 5.74) is 0. The summed E-state index contributed by atoms with van der Waals surface area (Å²) in [7, 11) is 0. The summed E-state index contributed by atoms with van der Waals surface area (Å²) in [6.07, 6.45) is 3.30. The third-order valence-electron chi connectivity index (χ3n) is 1.92. The maximum atomic E-state index is 11.3. The monoisotopic (exact) mass is 210 g/mol. The van der Waals surface area contributed by atoms with Gasteiger partial charge in [-0.05, 0) is 25.7 Å². The summed E-state index contributed by atoms with van der Waals surface area (Å²) in [6.45, 7) is 0.334. The van der Waals surface area contributed by atoms with E-state index < -0.39 is 6.61 Å². The van der Waals surface area contributed by atoms with Crippen LogP contribution in [-0.4, -0.2) is 26.3 Å². The van der Waals surface area contributed by atoms with Gasteiger partial charge in [-0.2, -0.15) is 8.78 Å². The summed E-state index contributed by atoms with van der Waals surface area (Å²) < 4.78 is 30.9. The fraction of sp³-hybridized carbons (Fsp3) is 0.889. The van der Waals surface area contributed by atoms with Crippen molar-refractivity contribution >= 4 is 6.47 Å². The Bertz CT molecular complexity index is 138. The molecule has 1 fully saturated rings. The number of rotatable bonds is 5. The number of alkyl halides is 2. The summed E-state index contributed by atoms with van der Waals surface area (Å²) in [5.74, 6) is 0.416. The van der Waals surface area contributed by atoms with Gasteiger partial charge in [0.2, 0.25) is 0 Å². The first-order valence-corrected chi connectivity index (χ1v) is 4.65. The molecular formula is C9H16F2O3. The van der Waals surface area contributed by atoms with Crippen molar-refractivity contribution in [2.45, 2.75) is 32.8 Å². The zero-order chi connectivity index (χ0) is 10.8. The number of ether oxygens (including phenoxy) is 2. The second-order valence-electron chi connectivity index (χ2n) is 2.94. The zero-order valence-corrected chi connectivity index (χ0v) is 8.25. The molecule has 3 nitrogen and oxygen atoms in total. The van der Waals surface area contributed by atoms with Gasteiger partial charge >= 0.3 is 6.61 Å². The van der Waals surface area contributed by atoms with Gasteiger partial charge in [0.05, 0.1) is 13.2 Å². The van der Waals surface area contributed by atoms with E-state index in [0.29, 0.717) is 19.0 Å². The highest BCUT2D eigenvalue weighted by Crippen LogP contribution is 2.26. The van der Waals surface area contributed by atoms with Gasteiger partial charge in [-0.3, -0.25) is 4.79 Å². The van der Waals surface area contributed by atoms with Crippen molar-refractivity contribution in [3.8, 4) is 0 Å². The second-order valence-corrected chi connectivity index (χ2v) is 2.94. The fourth-order valence-electron chi connectivity index (χ4n) is 0.936. The van der Waals surface area contributed by atoms with Crippen LogP contribution in [0.1, 0.15) is 26.2 Å². The molecule has 1 saturated carbocycles. The van der Waals surface area contributed by atoms with Crippen molar-refractivity contribution in [2.24, 2.45) is 5.92 Å². The Kier molecular flexibility index (Phi) is 8.42. The van der Waals surface area contributed by atoms with Crippen molar-refractivity contribution in [1.82, 2.24) is 0 Å². The molecule has 0 amide bonds. The minimum atomic E-state index is -2.58. The zero-order valence-electron chi connectivity index (χ0n) is 8.25. The van der Waals surface area contributed by atoms with E-state index in [2.05, 4.69) is 9.47 Å². The fourth-order valence-corrected chi connectivity index (χ4v) is 0.936. The lowest BCUT2D eigenvalue weighted by atomic mass is 9.86. The van der Waals surface area contributed by atoms with Crippen LogP contribution in [0.15, 0.2) is 0 Å². The maximum absolute atomic E-state index is 11.3. The molecule has 0 bridgehead atoms. The van der Waals surface area contributed by atoms with E-state index in [1.165, 1.54) is 6.42 Å². The van der Waals surface area contributed by atoms with E-state index in [0.717, 1.165) is 12.8 Å². The number of carbonyl (C=O) groups is 1. The van der Waals surface area contributed by atoms with Crippen LogP contribution < -0.4 is 0 Å².